The summed E-state index contributed by atoms with van der Waals surface area (Å²) in [4.78, 5) is 9.56. The largest absolute Gasteiger partial charge is 0.481 e. The van der Waals surface area contributed by atoms with E-state index in [0.717, 1.165) is 12.1 Å². The van der Waals surface area contributed by atoms with Crippen molar-refractivity contribution in [2.45, 2.75) is 24.8 Å². The molecule has 0 bridgehead atoms. The molecule has 5 heteroatoms. The zero-order chi connectivity index (χ0) is 9.19. The summed E-state index contributed by atoms with van der Waals surface area (Å²) in [5, 5.41) is 13.4. The van der Waals surface area contributed by atoms with Gasteiger partial charge in [-0.15, -0.1) is 0 Å². The van der Waals surface area contributed by atoms with Crippen LogP contribution in [0.15, 0.2) is 11.1 Å². The van der Waals surface area contributed by atoms with Crippen molar-refractivity contribution in [3.63, 3.8) is 0 Å². The van der Waals surface area contributed by atoms with Gasteiger partial charge in [-0.25, -0.2) is 0 Å². The van der Waals surface area contributed by atoms with Gasteiger partial charge in [0.15, 0.2) is 0 Å². The van der Waals surface area contributed by atoms with E-state index in [2.05, 4.69) is 5.32 Å². The summed E-state index contributed by atoms with van der Waals surface area (Å²) in [7, 11) is 0. The standard InChI is InChI=1S/C7H12N2O2S/c1-2-5-4-12-7(8,9-5)3-6(10)11/h4,9H,2-3,8H2,1H3,(H,10,11). The zero-order valence-electron chi connectivity index (χ0n) is 6.83. The van der Waals surface area contributed by atoms with Crippen molar-refractivity contribution in [3.05, 3.63) is 11.1 Å². The van der Waals surface area contributed by atoms with Crippen LogP contribution in [0.25, 0.3) is 0 Å². The highest BCUT2D eigenvalue weighted by molar-refractivity contribution is 8.03. The second-order valence-electron chi connectivity index (χ2n) is 2.70. The van der Waals surface area contributed by atoms with Crippen LogP contribution in [-0.4, -0.2) is 16.1 Å². The predicted molar refractivity (Wildman–Crippen MR) is 48.3 cm³/mol. The average molecular weight is 188 g/mol. The van der Waals surface area contributed by atoms with Gasteiger partial charge in [0.1, 0.15) is 4.99 Å². The van der Waals surface area contributed by atoms with Crippen molar-refractivity contribution in [3.8, 4) is 0 Å². The Labute approximate surface area is 75.2 Å². The Hall–Kier alpha value is -0.680. The minimum Gasteiger partial charge on any atom is -0.481 e. The van der Waals surface area contributed by atoms with Gasteiger partial charge < -0.3 is 10.4 Å². The molecule has 0 saturated heterocycles. The first kappa shape index (κ1) is 9.41. The van der Waals surface area contributed by atoms with Crippen molar-refractivity contribution >= 4 is 17.7 Å². The molecular formula is C7H12N2O2S. The number of nitrogens with two attached hydrogens (primary N) is 1. The molecule has 0 amide bonds. The molecule has 1 rings (SSSR count). The van der Waals surface area contributed by atoms with Gasteiger partial charge in [0.25, 0.3) is 0 Å². The van der Waals surface area contributed by atoms with Crippen LogP contribution in [0.1, 0.15) is 19.8 Å². The van der Waals surface area contributed by atoms with Gasteiger partial charge in [-0.3, -0.25) is 10.5 Å². The number of allylic oxidation sites excluding steroid dienone is 1. The highest BCUT2D eigenvalue weighted by Gasteiger charge is 2.32. The van der Waals surface area contributed by atoms with Crippen molar-refractivity contribution in [1.29, 1.82) is 0 Å². The molecule has 0 fully saturated rings. The molecule has 0 aromatic rings. The lowest BCUT2D eigenvalue weighted by atomic mass is 10.3. The van der Waals surface area contributed by atoms with Crippen LogP contribution in [0, 0.1) is 0 Å². The first-order valence-electron chi connectivity index (χ1n) is 3.71. The van der Waals surface area contributed by atoms with Gasteiger partial charge in [0.2, 0.25) is 0 Å². The van der Waals surface area contributed by atoms with Crippen LogP contribution in [0.2, 0.25) is 0 Å². The fraction of sp³-hybridized carbons (Fsp3) is 0.571. The van der Waals surface area contributed by atoms with Crippen LogP contribution in [0.3, 0.4) is 0 Å². The third-order valence-electron chi connectivity index (χ3n) is 1.58. The number of carboxylic acid groups (broad SMARTS) is 1. The summed E-state index contributed by atoms with van der Waals surface area (Å²) < 4.78 is 0. The van der Waals surface area contributed by atoms with Crippen LogP contribution in [0.5, 0.6) is 0 Å². The molecule has 1 aliphatic rings. The molecule has 0 saturated carbocycles. The van der Waals surface area contributed by atoms with E-state index in [9.17, 15) is 4.79 Å². The maximum atomic E-state index is 10.4. The minimum absolute atomic E-state index is 0.0718. The Morgan fingerprint density at radius 1 is 1.92 bits per heavy atom. The molecule has 1 heterocycles. The maximum Gasteiger partial charge on any atom is 0.308 e. The van der Waals surface area contributed by atoms with E-state index in [1.54, 1.807) is 0 Å². The van der Waals surface area contributed by atoms with Gasteiger partial charge in [-0.1, -0.05) is 18.7 Å². The normalized spacial score (nSPS) is 28.0. The number of thioether (sulfide) groups is 1. The van der Waals surface area contributed by atoms with Crippen LogP contribution >= 0.6 is 11.8 Å². The van der Waals surface area contributed by atoms with Crippen molar-refractivity contribution in [1.82, 2.24) is 5.32 Å². The molecule has 4 nitrogen and oxygen atoms in total. The highest BCUT2D eigenvalue weighted by atomic mass is 32.2. The number of nitrogens with one attached hydrogen (secondary N) is 1. The minimum atomic E-state index is -0.886. The second-order valence-corrected chi connectivity index (χ2v) is 3.90. The quantitative estimate of drug-likeness (QED) is 0.606. The summed E-state index contributed by atoms with van der Waals surface area (Å²) in [5.41, 5.74) is 6.75. The van der Waals surface area contributed by atoms with Gasteiger partial charge in [0.05, 0.1) is 6.42 Å². The Kier molecular flexibility index (Phi) is 2.64. The number of rotatable bonds is 3. The summed E-state index contributed by atoms with van der Waals surface area (Å²) in [5.74, 6) is -0.886. The Morgan fingerprint density at radius 2 is 2.58 bits per heavy atom. The Morgan fingerprint density at radius 3 is 3.00 bits per heavy atom. The van der Waals surface area contributed by atoms with E-state index < -0.39 is 11.0 Å². The van der Waals surface area contributed by atoms with E-state index >= 15 is 0 Å². The number of aliphatic carboxylic acids is 1. The van der Waals surface area contributed by atoms with Crippen LogP contribution in [0.4, 0.5) is 0 Å². The molecule has 0 aromatic heterocycles. The molecule has 0 spiro atoms. The van der Waals surface area contributed by atoms with Crippen molar-refractivity contribution in [2.24, 2.45) is 5.73 Å². The molecule has 0 radical (unpaired) electrons. The van der Waals surface area contributed by atoms with Crippen molar-refractivity contribution in [2.75, 3.05) is 0 Å². The molecule has 0 aromatic carbocycles. The Bertz CT molecular complexity index is 229. The van der Waals surface area contributed by atoms with Crippen molar-refractivity contribution < 1.29 is 9.90 Å². The summed E-state index contributed by atoms with van der Waals surface area (Å²) in [6.07, 6.45) is 0.781. The van der Waals surface area contributed by atoms with E-state index in [-0.39, 0.29) is 6.42 Å². The smallest absolute Gasteiger partial charge is 0.308 e. The summed E-state index contributed by atoms with van der Waals surface area (Å²) in [6, 6.07) is 0. The number of carbonyl (C=O) groups is 1. The highest BCUT2D eigenvalue weighted by Crippen LogP contribution is 2.30. The topological polar surface area (TPSA) is 75.4 Å². The van der Waals surface area contributed by atoms with Gasteiger partial charge >= 0.3 is 5.97 Å². The first-order valence-corrected chi connectivity index (χ1v) is 4.59. The second kappa shape index (κ2) is 3.37. The number of hydrogen-bond acceptors (Lipinski definition) is 4. The first-order chi connectivity index (χ1) is 5.56. The predicted octanol–water partition coefficient (Wildman–Crippen LogP) is 0.661. The molecular weight excluding hydrogens is 176 g/mol. The van der Waals surface area contributed by atoms with Gasteiger partial charge in [-0.2, -0.15) is 0 Å². The number of carboxylic acids is 1. The van der Waals surface area contributed by atoms with E-state index in [1.807, 2.05) is 12.3 Å². The molecule has 0 aliphatic carbocycles. The lowest BCUT2D eigenvalue weighted by Crippen LogP contribution is -2.48. The molecule has 1 unspecified atom stereocenters. The molecule has 4 N–H and O–H groups in total. The lowest BCUT2D eigenvalue weighted by molar-refractivity contribution is -0.137. The summed E-state index contributed by atoms with van der Waals surface area (Å²) in [6.45, 7) is 1.99. The molecule has 1 aliphatic heterocycles. The van der Waals surface area contributed by atoms with E-state index in [0.29, 0.717) is 0 Å². The zero-order valence-corrected chi connectivity index (χ0v) is 7.65. The summed E-state index contributed by atoms with van der Waals surface area (Å²) >= 11 is 1.33. The van der Waals surface area contributed by atoms with Gasteiger partial charge in [-0.05, 0) is 11.8 Å². The Balaban J connectivity index is 2.51. The third-order valence-corrected chi connectivity index (χ3v) is 2.65. The fourth-order valence-corrected chi connectivity index (χ4v) is 1.96. The van der Waals surface area contributed by atoms with Crippen LogP contribution < -0.4 is 11.1 Å². The monoisotopic (exact) mass is 188 g/mol. The fourth-order valence-electron chi connectivity index (χ4n) is 0.989. The SMILES string of the molecule is CCC1=CSC(N)(CC(=O)O)N1. The average Bonchev–Trinajstić information content (AvgIpc) is 2.30. The number of hydrogen-bond donors (Lipinski definition) is 3. The van der Waals surface area contributed by atoms with Crippen LogP contribution in [-0.2, 0) is 4.79 Å². The lowest BCUT2D eigenvalue weighted by Gasteiger charge is -2.22. The van der Waals surface area contributed by atoms with E-state index in [4.69, 9.17) is 10.8 Å². The maximum absolute atomic E-state index is 10.4. The van der Waals surface area contributed by atoms with E-state index in [1.165, 1.54) is 11.8 Å². The van der Waals surface area contributed by atoms with Gasteiger partial charge in [0, 0.05) is 5.70 Å². The molecule has 12 heavy (non-hydrogen) atoms. The molecule has 1 atom stereocenters. The third kappa shape index (κ3) is 2.15. The molecule has 68 valence electrons.